The quantitative estimate of drug-likeness (QED) is 0.704. The molecule has 7 heteroatoms. The molecule has 0 aliphatic heterocycles. The minimum absolute atomic E-state index is 0.111. The number of alkyl halides is 2. The third kappa shape index (κ3) is 5.50. The zero-order valence-electron chi connectivity index (χ0n) is 10.8. The molecule has 5 nitrogen and oxygen atoms in total. The second-order valence-corrected chi connectivity index (χ2v) is 5.42. The van der Waals surface area contributed by atoms with E-state index >= 15 is 0 Å². The summed E-state index contributed by atoms with van der Waals surface area (Å²) in [5.74, 6) is -4.75. The van der Waals surface area contributed by atoms with Gasteiger partial charge in [0.05, 0.1) is 12.0 Å². The molecular weight excluding hydrogens is 260 g/mol. The molecule has 0 radical (unpaired) electrons. The predicted molar refractivity (Wildman–Crippen MR) is 62.8 cm³/mol. The van der Waals surface area contributed by atoms with Crippen molar-refractivity contribution in [3.63, 3.8) is 0 Å². The van der Waals surface area contributed by atoms with Crippen LogP contribution in [0.4, 0.5) is 8.78 Å². The highest BCUT2D eigenvalue weighted by molar-refractivity contribution is 5.79. The summed E-state index contributed by atoms with van der Waals surface area (Å²) in [6.45, 7) is 1.10. The average molecular weight is 279 g/mol. The van der Waals surface area contributed by atoms with Crippen LogP contribution in [-0.2, 0) is 9.59 Å². The molecule has 0 aromatic heterocycles. The van der Waals surface area contributed by atoms with Crippen LogP contribution in [0, 0.1) is 5.92 Å². The van der Waals surface area contributed by atoms with E-state index in [-0.39, 0.29) is 32.2 Å². The standard InChI is InChI=1S/C12H19F2NO4/c1-11(19,6-9(16)17)7-15-10(18)8-2-4-12(13,14)5-3-8/h8,19H,2-7H2,1H3,(H,15,18)(H,16,17). The molecule has 1 rings (SSSR count). The fourth-order valence-electron chi connectivity index (χ4n) is 2.11. The Hall–Kier alpha value is -1.24. The van der Waals surface area contributed by atoms with Gasteiger partial charge in [0.15, 0.2) is 0 Å². The monoisotopic (exact) mass is 279 g/mol. The molecule has 1 saturated carbocycles. The van der Waals surface area contributed by atoms with Crippen molar-refractivity contribution in [2.45, 2.75) is 50.6 Å². The molecule has 1 aliphatic rings. The van der Waals surface area contributed by atoms with E-state index in [0.29, 0.717) is 0 Å². The van der Waals surface area contributed by atoms with E-state index in [2.05, 4.69) is 5.32 Å². The molecule has 1 amide bonds. The number of rotatable bonds is 5. The van der Waals surface area contributed by atoms with Gasteiger partial charge in [0, 0.05) is 25.3 Å². The second-order valence-electron chi connectivity index (χ2n) is 5.42. The van der Waals surface area contributed by atoms with Crippen molar-refractivity contribution in [3.8, 4) is 0 Å². The Morgan fingerprint density at radius 3 is 2.37 bits per heavy atom. The van der Waals surface area contributed by atoms with Gasteiger partial charge in [0.1, 0.15) is 0 Å². The van der Waals surface area contributed by atoms with Crippen molar-refractivity contribution >= 4 is 11.9 Å². The number of hydrogen-bond donors (Lipinski definition) is 3. The molecule has 0 aromatic carbocycles. The Morgan fingerprint density at radius 1 is 1.37 bits per heavy atom. The third-order valence-electron chi connectivity index (χ3n) is 3.26. The summed E-state index contributed by atoms with van der Waals surface area (Å²) in [4.78, 5) is 22.2. The van der Waals surface area contributed by atoms with Gasteiger partial charge in [-0.05, 0) is 19.8 Å². The third-order valence-corrected chi connectivity index (χ3v) is 3.26. The van der Waals surface area contributed by atoms with Crippen LogP contribution in [0.25, 0.3) is 0 Å². The number of halogens is 2. The minimum Gasteiger partial charge on any atom is -0.481 e. The Kier molecular flexibility index (Phi) is 4.84. The van der Waals surface area contributed by atoms with Gasteiger partial charge in [-0.1, -0.05) is 0 Å². The van der Waals surface area contributed by atoms with E-state index in [1.54, 1.807) is 0 Å². The first-order chi connectivity index (χ1) is 8.61. The fourth-order valence-corrected chi connectivity index (χ4v) is 2.11. The SMILES string of the molecule is CC(O)(CNC(=O)C1CCC(F)(F)CC1)CC(=O)O. The highest BCUT2D eigenvalue weighted by Gasteiger charge is 2.37. The van der Waals surface area contributed by atoms with Crippen LogP contribution in [0.2, 0.25) is 0 Å². The molecule has 19 heavy (non-hydrogen) atoms. The molecule has 1 unspecified atom stereocenters. The van der Waals surface area contributed by atoms with Gasteiger partial charge >= 0.3 is 5.97 Å². The van der Waals surface area contributed by atoms with Crippen molar-refractivity contribution in [2.24, 2.45) is 5.92 Å². The zero-order chi connectivity index (χ0) is 14.7. The topological polar surface area (TPSA) is 86.6 Å². The maximum atomic E-state index is 12.9. The summed E-state index contributed by atoms with van der Waals surface area (Å²) in [6, 6.07) is 0. The zero-order valence-corrected chi connectivity index (χ0v) is 10.8. The lowest BCUT2D eigenvalue weighted by molar-refractivity contribution is -0.143. The van der Waals surface area contributed by atoms with Crippen LogP contribution in [0.15, 0.2) is 0 Å². The number of nitrogens with one attached hydrogen (secondary N) is 1. The van der Waals surface area contributed by atoms with Crippen molar-refractivity contribution in [2.75, 3.05) is 6.54 Å². The summed E-state index contributed by atoms with van der Waals surface area (Å²) >= 11 is 0. The van der Waals surface area contributed by atoms with Gasteiger partial charge < -0.3 is 15.5 Å². The average Bonchev–Trinajstić information content (AvgIpc) is 2.24. The lowest BCUT2D eigenvalue weighted by atomic mass is 9.86. The first-order valence-corrected chi connectivity index (χ1v) is 6.21. The number of hydrogen-bond acceptors (Lipinski definition) is 3. The Morgan fingerprint density at radius 2 is 1.89 bits per heavy atom. The van der Waals surface area contributed by atoms with Crippen LogP contribution in [0.3, 0.4) is 0 Å². The Bertz CT molecular complexity index is 348. The van der Waals surface area contributed by atoms with Crippen LogP contribution in [0.5, 0.6) is 0 Å². The number of carboxylic acid groups (broad SMARTS) is 1. The number of carbonyl (C=O) groups is 2. The van der Waals surface area contributed by atoms with Gasteiger partial charge in [0.25, 0.3) is 0 Å². The Balaban J connectivity index is 2.38. The number of amides is 1. The Labute approximate surface area is 110 Å². The summed E-state index contributed by atoms with van der Waals surface area (Å²) in [5.41, 5.74) is -1.54. The first kappa shape index (κ1) is 15.8. The van der Waals surface area contributed by atoms with Gasteiger partial charge in [-0.2, -0.15) is 0 Å². The van der Waals surface area contributed by atoms with Crippen molar-refractivity contribution in [1.82, 2.24) is 5.32 Å². The van der Waals surface area contributed by atoms with E-state index in [1.807, 2.05) is 0 Å². The highest BCUT2D eigenvalue weighted by atomic mass is 19.3. The molecule has 0 aromatic rings. The van der Waals surface area contributed by atoms with Crippen LogP contribution >= 0.6 is 0 Å². The van der Waals surface area contributed by atoms with E-state index in [9.17, 15) is 23.5 Å². The summed E-state index contributed by atoms with van der Waals surface area (Å²) in [7, 11) is 0. The molecule has 0 heterocycles. The molecule has 1 atom stereocenters. The molecule has 1 aliphatic carbocycles. The molecule has 1 fully saturated rings. The molecule has 110 valence electrons. The molecule has 3 N–H and O–H groups in total. The normalized spacial score (nSPS) is 22.5. The van der Waals surface area contributed by atoms with Crippen molar-refractivity contribution in [3.05, 3.63) is 0 Å². The van der Waals surface area contributed by atoms with Gasteiger partial charge in [-0.15, -0.1) is 0 Å². The van der Waals surface area contributed by atoms with Crippen LogP contribution in [0.1, 0.15) is 39.0 Å². The van der Waals surface area contributed by atoms with Crippen LogP contribution < -0.4 is 5.32 Å². The largest absolute Gasteiger partial charge is 0.481 e. The van der Waals surface area contributed by atoms with Crippen molar-refractivity contribution in [1.29, 1.82) is 0 Å². The predicted octanol–water partition coefficient (Wildman–Crippen LogP) is 1.15. The number of carbonyl (C=O) groups excluding carboxylic acids is 1. The fraction of sp³-hybridized carbons (Fsp3) is 0.833. The number of aliphatic hydroxyl groups is 1. The maximum Gasteiger partial charge on any atom is 0.306 e. The number of aliphatic carboxylic acids is 1. The molecule has 0 saturated heterocycles. The second kappa shape index (κ2) is 5.81. The number of carboxylic acids is 1. The van der Waals surface area contributed by atoms with Gasteiger partial charge in [0.2, 0.25) is 11.8 Å². The van der Waals surface area contributed by atoms with Gasteiger partial charge in [-0.3, -0.25) is 9.59 Å². The van der Waals surface area contributed by atoms with E-state index in [0.717, 1.165) is 0 Å². The summed E-state index contributed by atoms with van der Waals surface area (Å²) in [6.07, 6.45) is -0.886. The maximum absolute atomic E-state index is 12.9. The van der Waals surface area contributed by atoms with E-state index < -0.39 is 35.7 Å². The molecule has 0 bridgehead atoms. The lowest BCUT2D eigenvalue weighted by Crippen LogP contribution is -2.45. The van der Waals surface area contributed by atoms with E-state index in [4.69, 9.17) is 5.11 Å². The van der Waals surface area contributed by atoms with Gasteiger partial charge in [-0.25, -0.2) is 8.78 Å². The van der Waals surface area contributed by atoms with Crippen molar-refractivity contribution < 1.29 is 28.6 Å². The molecule has 0 spiro atoms. The highest BCUT2D eigenvalue weighted by Crippen LogP contribution is 2.36. The molecular formula is C12H19F2NO4. The van der Waals surface area contributed by atoms with E-state index in [1.165, 1.54) is 6.92 Å². The summed E-state index contributed by atoms with van der Waals surface area (Å²) in [5, 5.41) is 20.7. The smallest absolute Gasteiger partial charge is 0.306 e. The summed E-state index contributed by atoms with van der Waals surface area (Å²) < 4.78 is 25.8. The first-order valence-electron chi connectivity index (χ1n) is 6.21. The minimum atomic E-state index is -2.69. The lowest BCUT2D eigenvalue weighted by Gasteiger charge is -2.28. The van der Waals surface area contributed by atoms with Crippen LogP contribution in [-0.4, -0.2) is 40.2 Å².